The lowest BCUT2D eigenvalue weighted by molar-refractivity contribution is -0.124. The van der Waals surface area contributed by atoms with E-state index in [1.165, 1.54) is 0 Å². The third-order valence-electron chi connectivity index (χ3n) is 2.67. The molecule has 0 unspecified atom stereocenters. The van der Waals surface area contributed by atoms with Crippen molar-refractivity contribution in [2.24, 2.45) is 0 Å². The molecule has 0 aromatic heterocycles. The van der Waals surface area contributed by atoms with E-state index in [4.69, 9.17) is 0 Å². The predicted molar refractivity (Wildman–Crippen MR) is 69.8 cm³/mol. The van der Waals surface area contributed by atoms with Gasteiger partial charge in [-0.25, -0.2) is 0 Å². The quantitative estimate of drug-likeness (QED) is 0.883. The Kier molecular flexibility index (Phi) is 3.41. The van der Waals surface area contributed by atoms with Gasteiger partial charge >= 0.3 is 0 Å². The van der Waals surface area contributed by atoms with Crippen LogP contribution in [-0.4, -0.2) is 9.80 Å². The molecule has 0 atom stereocenters. The monoisotopic (exact) mass is 290 g/mol. The van der Waals surface area contributed by atoms with E-state index >= 15 is 0 Å². The first-order valence-electron chi connectivity index (χ1n) is 5.19. The van der Waals surface area contributed by atoms with Crippen LogP contribution >= 0.6 is 15.9 Å². The SMILES string of the molecule is O=C(Br)C(O)(c1ccccc1)c1ccccc1. The molecule has 0 aliphatic rings. The number of rotatable bonds is 3. The molecule has 3 heteroatoms. The number of carbonyl (C=O) groups excluding carboxylic acids is 1. The summed E-state index contributed by atoms with van der Waals surface area (Å²) in [6, 6.07) is 17.8. The number of carbonyl (C=O) groups is 1. The third kappa shape index (κ3) is 2.16. The van der Waals surface area contributed by atoms with Crippen molar-refractivity contribution in [2.75, 3.05) is 0 Å². The van der Waals surface area contributed by atoms with Crippen LogP contribution in [0.3, 0.4) is 0 Å². The van der Waals surface area contributed by atoms with Gasteiger partial charge in [0.15, 0.2) is 5.60 Å². The summed E-state index contributed by atoms with van der Waals surface area (Å²) in [5.74, 6) is 0. The lowest BCUT2D eigenvalue weighted by Crippen LogP contribution is -2.33. The minimum absolute atomic E-state index is 0.470. The number of benzene rings is 2. The Hall–Kier alpha value is -1.45. The van der Waals surface area contributed by atoms with Crippen LogP contribution in [0.4, 0.5) is 0 Å². The smallest absolute Gasteiger partial charge is 0.238 e. The van der Waals surface area contributed by atoms with Crippen LogP contribution in [0.25, 0.3) is 0 Å². The van der Waals surface area contributed by atoms with Crippen LogP contribution in [0, 0.1) is 0 Å². The van der Waals surface area contributed by atoms with E-state index in [0.29, 0.717) is 11.1 Å². The van der Waals surface area contributed by atoms with E-state index in [0.717, 1.165) is 0 Å². The molecule has 0 fully saturated rings. The molecule has 0 aliphatic heterocycles. The van der Waals surface area contributed by atoms with Crippen LogP contribution in [-0.2, 0) is 10.4 Å². The van der Waals surface area contributed by atoms with E-state index in [-0.39, 0.29) is 0 Å². The van der Waals surface area contributed by atoms with Gasteiger partial charge in [0.25, 0.3) is 0 Å². The first kappa shape index (κ1) is 12.0. The first-order valence-corrected chi connectivity index (χ1v) is 5.98. The fourth-order valence-corrected chi connectivity index (χ4v) is 2.21. The van der Waals surface area contributed by atoms with Gasteiger partial charge in [0.05, 0.1) is 0 Å². The molecule has 0 heterocycles. The van der Waals surface area contributed by atoms with Gasteiger partial charge in [-0.3, -0.25) is 4.79 Å². The number of aliphatic hydroxyl groups is 1. The second-order valence-electron chi connectivity index (χ2n) is 3.72. The van der Waals surface area contributed by atoms with Gasteiger partial charge in [0.2, 0.25) is 4.69 Å². The van der Waals surface area contributed by atoms with Gasteiger partial charge in [0, 0.05) is 0 Å². The summed E-state index contributed by atoms with van der Waals surface area (Å²) in [5.41, 5.74) is -0.538. The highest BCUT2D eigenvalue weighted by Crippen LogP contribution is 2.32. The van der Waals surface area contributed by atoms with Gasteiger partial charge in [-0.1, -0.05) is 60.7 Å². The van der Waals surface area contributed by atoms with Crippen molar-refractivity contribution >= 4 is 20.6 Å². The van der Waals surface area contributed by atoms with Crippen LogP contribution in [0.5, 0.6) is 0 Å². The van der Waals surface area contributed by atoms with E-state index in [1.807, 2.05) is 12.1 Å². The highest BCUT2D eigenvalue weighted by molar-refractivity contribution is 9.18. The van der Waals surface area contributed by atoms with Crippen molar-refractivity contribution in [3.63, 3.8) is 0 Å². The van der Waals surface area contributed by atoms with Gasteiger partial charge in [-0.05, 0) is 27.1 Å². The van der Waals surface area contributed by atoms with Crippen molar-refractivity contribution < 1.29 is 9.90 Å². The molecule has 86 valence electrons. The maximum absolute atomic E-state index is 11.7. The number of hydrogen-bond acceptors (Lipinski definition) is 2. The zero-order valence-electron chi connectivity index (χ0n) is 9.01. The minimum Gasteiger partial charge on any atom is -0.372 e. The maximum Gasteiger partial charge on any atom is 0.238 e. The van der Waals surface area contributed by atoms with E-state index in [9.17, 15) is 9.90 Å². The third-order valence-corrected chi connectivity index (χ3v) is 3.24. The van der Waals surface area contributed by atoms with Crippen LogP contribution < -0.4 is 0 Å². The largest absolute Gasteiger partial charge is 0.372 e. The first-order chi connectivity index (χ1) is 8.15. The summed E-state index contributed by atoms with van der Waals surface area (Å²) >= 11 is 2.88. The Morgan fingerprint density at radius 2 is 1.24 bits per heavy atom. The fourth-order valence-electron chi connectivity index (χ4n) is 1.75. The molecular formula is C14H11BrO2. The number of halogens is 1. The molecule has 0 radical (unpaired) electrons. The van der Waals surface area contributed by atoms with Gasteiger partial charge in [-0.2, -0.15) is 0 Å². The highest BCUT2D eigenvalue weighted by Gasteiger charge is 2.37. The standard InChI is InChI=1S/C14H11BrO2/c15-13(16)14(17,11-7-3-1-4-8-11)12-9-5-2-6-10-12/h1-10,17H. The molecule has 1 N–H and O–H groups in total. The molecule has 2 rings (SSSR count). The Labute approximate surface area is 108 Å². The summed E-state index contributed by atoms with van der Waals surface area (Å²) in [4.78, 5) is 11.7. The normalized spacial score (nSPS) is 11.2. The molecule has 0 spiro atoms. The van der Waals surface area contributed by atoms with E-state index < -0.39 is 10.3 Å². The molecule has 0 saturated heterocycles. The topological polar surface area (TPSA) is 37.3 Å². The summed E-state index contributed by atoms with van der Waals surface area (Å²) < 4.78 is -0.470. The molecule has 0 aliphatic carbocycles. The second kappa shape index (κ2) is 4.82. The lowest BCUT2D eigenvalue weighted by atomic mass is 9.88. The van der Waals surface area contributed by atoms with E-state index in [2.05, 4.69) is 15.9 Å². The van der Waals surface area contributed by atoms with Gasteiger partial charge in [0.1, 0.15) is 0 Å². The fraction of sp³-hybridized carbons (Fsp3) is 0.0714. The van der Waals surface area contributed by atoms with Crippen LogP contribution in [0.2, 0.25) is 0 Å². The Balaban J connectivity index is 2.59. The summed E-state index contributed by atoms with van der Waals surface area (Å²) in [5, 5.41) is 10.6. The average molecular weight is 291 g/mol. The zero-order valence-corrected chi connectivity index (χ0v) is 10.6. The molecule has 0 saturated carbocycles. The molecule has 17 heavy (non-hydrogen) atoms. The Morgan fingerprint density at radius 3 is 1.53 bits per heavy atom. The molecule has 2 aromatic rings. The molecule has 0 amide bonds. The second-order valence-corrected chi connectivity index (χ2v) is 4.44. The Bertz CT molecular complexity index is 469. The predicted octanol–water partition coefficient (Wildman–Crippen LogP) is 2.84. The minimum atomic E-state index is -1.64. The van der Waals surface area contributed by atoms with E-state index in [1.54, 1.807) is 48.5 Å². The average Bonchev–Trinajstić information content (AvgIpc) is 2.39. The van der Waals surface area contributed by atoms with Crippen molar-refractivity contribution in [2.45, 2.75) is 5.60 Å². The van der Waals surface area contributed by atoms with Gasteiger partial charge in [-0.15, -0.1) is 0 Å². The Morgan fingerprint density at radius 1 is 0.882 bits per heavy atom. The van der Waals surface area contributed by atoms with Crippen molar-refractivity contribution in [3.8, 4) is 0 Å². The van der Waals surface area contributed by atoms with Crippen molar-refractivity contribution in [1.29, 1.82) is 0 Å². The molecule has 2 aromatic carbocycles. The highest BCUT2D eigenvalue weighted by atomic mass is 79.9. The van der Waals surface area contributed by atoms with Crippen LogP contribution in [0.1, 0.15) is 11.1 Å². The maximum atomic E-state index is 11.7. The lowest BCUT2D eigenvalue weighted by Gasteiger charge is -2.25. The summed E-state index contributed by atoms with van der Waals surface area (Å²) in [6.07, 6.45) is 0. The molecule has 0 bridgehead atoms. The summed E-state index contributed by atoms with van der Waals surface area (Å²) in [7, 11) is 0. The zero-order chi connectivity index (χ0) is 12.3. The summed E-state index contributed by atoms with van der Waals surface area (Å²) in [6.45, 7) is 0. The van der Waals surface area contributed by atoms with Crippen molar-refractivity contribution in [1.82, 2.24) is 0 Å². The molecule has 2 nitrogen and oxygen atoms in total. The number of hydrogen-bond donors (Lipinski definition) is 1. The van der Waals surface area contributed by atoms with Crippen molar-refractivity contribution in [3.05, 3.63) is 71.8 Å². The molecular weight excluding hydrogens is 280 g/mol. The van der Waals surface area contributed by atoms with Crippen LogP contribution in [0.15, 0.2) is 60.7 Å². The van der Waals surface area contributed by atoms with Gasteiger partial charge < -0.3 is 5.11 Å².